The van der Waals surface area contributed by atoms with Crippen LogP contribution in [0, 0.1) is 10.1 Å². The van der Waals surface area contributed by atoms with E-state index in [0.29, 0.717) is 17.7 Å². The van der Waals surface area contributed by atoms with Crippen LogP contribution in [0.2, 0.25) is 0 Å². The number of nitro groups is 1. The standard InChI is InChI=1S/C21H22N6O4S/c1-2-15-7-3-4-9-18(15)23-20(29)19(25-26-21(32)24-22)13-17(28)11-10-14-6-5-8-16(12-14)27(30)31/h3-12H,2,13,22H2,1H3,(H,23,29)(H2,24,26,32)/b11-10+,25-19+. The number of hydrazone groups is 1. The first-order valence-corrected chi connectivity index (χ1v) is 9.92. The predicted octanol–water partition coefficient (Wildman–Crippen LogP) is 2.46. The molecule has 0 saturated heterocycles. The van der Waals surface area contributed by atoms with E-state index in [1.165, 1.54) is 30.4 Å². The second-order valence-electron chi connectivity index (χ2n) is 6.44. The molecule has 2 aromatic rings. The number of nitro benzene ring substituents is 1. The number of allylic oxidation sites excluding steroid dienone is 1. The van der Waals surface area contributed by atoms with Crippen molar-refractivity contribution in [3.8, 4) is 0 Å². The van der Waals surface area contributed by atoms with Crippen LogP contribution in [0.1, 0.15) is 24.5 Å². The Morgan fingerprint density at radius 1 is 1.22 bits per heavy atom. The van der Waals surface area contributed by atoms with E-state index in [1.807, 2.05) is 19.1 Å². The summed E-state index contributed by atoms with van der Waals surface area (Å²) >= 11 is 4.85. The zero-order chi connectivity index (χ0) is 23.5. The summed E-state index contributed by atoms with van der Waals surface area (Å²) in [6.45, 7) is 1.95. The van der Waals surface area contributed by atoms with E-state index in [-0.39, 0.29) is 22.9 Å². The van der Waals surface area contributed by atoms with Gasteiger partial charge in [0.05, 0.1) is 11.3 Å². The molecule has 0 aliphatic rings. The van der Waals surface area contributed by atoms with Gasteiger partial charge in [0.1, 0.15) is 5.71 Å². The molecule has 166 valence electrons. The number of carbonyl (C=O) groups is 2. The molecule has 0 spiro atoms. The zero-order valence-electron chi connectivity index (χ0n) is 17.2. The van der Waals surface area contributed by atoms with Gasteiger partial charge in [-0.15, -0.1) is 0 Å². The lowest BCUT2D eigenvalue weighted by atomic mass is 10.1. The Labute approximate surface area is 189 Å². The number of carbonyl (C=O) groups excluding carboxylic acids is 2. The lowest BCUT2D eigenvalue weighted by molar-refractivity contribution is -0.384. The summed E-state index contributed by atoms with van der Waals surface area (Å²) in [5.41, 5.74) is 6.34. The summed E-state index contributed by atoms with van der Waals surface area (Å²) < 4.78 is 0. The zero-order valence-corrected chi connectivity index (χ0v) is 18.0. The fourth-order valence-electron chi connectivity index (χ4n) is 2.62. The van der Waals surface area contributed by atoms with Crippen molar-refractivity contribution in [3.05, 3.63) is 75.8 Å². The van der Waals surface area contributed by atoms with Gasteiger partial charge in [-0.05, 0) is 41.9 Å². The van der Waals surface area contributed by atoms with Crippen LogP contribution in [-0.2, 0) is 16.0 Å². The molecule has 0 heterocycles. The highest BCUT2D eigenvalue weighted by Crippen LogP contribution is 2.16. The van der Waals surface area contributed by atoms with E-state index in [1.54, 1.807) is 18.2 Å². The van der Waals surface area contributed by atoms with Crippen molar-refractivity contribution in [1.29, 1.82) is 0 Å². The van der Waals surface area contributed by atoms with Crippen LogP contribution in [0.5, 0.6) is 0 Å². The third kappa shape index (κ3) is 7.38. The largest absolute Gasteiger partial charge is 0.321 e. The molecule has 1 amide bonds. The summed E-state index contributed by atoms with van der Waals surface area (Å²) in [6, 6.07) is 13.1. The number of hydrazine groups is 1. The molecule has 0 radical (unpaired) electrons. The van der Waals surface area contributed by atoms with Crippen molar-refractivity contribution in [1.82, 2.24) is 10.9 Å². The Balaban J connectivity index is 2.18. The Morgan fingerprint density at radius 2 is 1.97 bits per heavy atom. The first-order valence-electron chi connectivity index (χ1n) is 9.51. The molecule has 5 N–H and O–H groups in total. The van der Waals surface area contributed by atoms with Crippen molar-refractivity contribution in [2.75, 3.05) is 5.32 Å². The number of nitrogens with zero attached hydrogens (tertiary/aromatic N) is 2. The van der Waals surface area contributed by atoms with Gasteiger partial charge >= 0.3 is 0 Å². The fourth-order valence-corrected chi connectivity index (χ4v) is 2.67. The Bertz CT molecular complexity index is 1080. The normalized spacial score (nSPS) is 11.1. The highest BCUT2D eigenvalue weighted by molar-refractivity contribution is 7.80. The number of para-hydroxylation sites is 1. The molecule has 0 fully saturated rings. The topological polar surface area (TPSA) is 152 Å². The number of rotatable bonds is 9. The summed E-state index contributed by atoms with van der Waals surface area (Å²) in [5.74, 6) is 4.16. The third-order valence-electron chi connectivity index (χ3n) is 4.22. The molecule has 0 aromatic heterocycles. The highest BCUT2D eigenvalue weighted by Gasteiger charge is 2.17. The summed E-state index contributed by atoms with van der Waals surface area (Å²) in [4.78, 5) is 35.6. The SMILES string of the molecule is CCc1ccccc1NC(=O)/C(CC(=O)/C=C/c1cccc([N+](=O)[O-])c1)=N/NC(=S)NN. The summed E-state index contributed by atoms with van der Waals surface area (Å²) in [7, 11) is 0. The maximum Gasteiger partial charge on any atom is 0.272 e. The molecule has 11 heteroatoms. The maximum absolute atomic E-state index is 12.8. The van der Waals surface area contributed by atoms with Crippen LogP contribution in [0.25, 0.3) is 6.08 Å². The molecular formula is C21H22N6O4S. The van der Waals surface area contributed by atoms with Crippen molar-refractivity contribution < 1.29 is 14.5 Å². The van der Waals surface area contributed by atoms with E-state index < -0.39 is 16.6 Å². The molecule has 2 aromatic carbocycles. The van der Waals surface area contributed by atoms with Crippen molar-refractivity contribution in [2.45, 2.75) is 19.8 Å². The third-order valence-corrected chi connectivity index (χ3v) is 4.43. The van der Waals surface area contributed by atoms with Crippen LogP contribution in [-0.4, -0.2) is 27.4 Å². The number of hydrogen-bond donors (Lipinski definition) is 4. The molecule has 0 aliphatic heterocycles. The van der Waals surface area contributed by atoms with Gasteiger partial charge in [0.15, 0.2) is 5.78 Å². The van der Waals surface area contributed by atoms with E-state index in [4.69, 9.17) is 18.1 Å². The fraction of sp³-hybridized carbons (Fsp3) is 0.143. The van der Waals surface area contributed by atoms with E-state index >= 15 is 0 Å². The lowest BCUT2D eigenvalue weighted by Gasteiger charge is -2.11. The molecule has 32 heavy (non-hydrogen) atoms. The molecule has 2 rings (SSSR count). The molecule has 10 nitrogen and oxygen atoms in total. The number of nitrogens with one attached hydrogen (secondary N) is 3. The van der Waals surface area contributed by atoms with Crippen LogP contribution in [0.4, 0.5) is 11.4 Å². The molecule has 0 unspecified atom stereocenters. The summed E-state index contributed by atoms with van der Waals surface area (Å²) in [6.07, 6.45) is 3.01. The number of nitrogens with two attached hydrogens (primary N) is 1. The van der Waals surface area contributed by atoms with Crippen LogP contribution in [0.3, 0.4) is 0 Å². The first-order chi connectivity index (χ1) is 15.3. The lowest BCUT2D eigenvalue weighted by Crippen LogP contribution is -2.38. The van der Waals surface area contributed by atoms with Crippen molar-refractivity contribution >= 4 is 52.2 Å². The van der Waals surface area contributed by atoms with E-state index in [9.17, 15) is 19.7 Å². The van der Waals surface area contributed by atoms with Gasteiger partial charge in [0.25, 0.3) is 11.6 Å². The van der Waals surface area contributed by atoms with E-state index in [2.05, 4.69) is 21.3 Å². The number of anilines is 1. The number of ketones is 1. The average molecular weight is 455 g/mol. The van der Waals surface area contributed by atoms with Crippen molar-refractivity contribution in [2.24, 2.45) is 10.9 Å². The molecular weight excluding hydrogens is 432 g/mol. The van der Waals surface area contributed by atoms with Gasteiger partial charge in [-0.3, -0.25) is 30.6 Å². The number of benzene rings is 2. The quantitative estimate of drug-likeness (QED) is 0.113. The number of hydrogen-bond acceptors (Lipinski definition) is 7. The van der Waals surface area contributed by atoms with Gasteiger partial charge in [-0.1, -0.05) is 43.3 Å². The van der Waals surface area contributed by atoms with Crippen LogP contribution < -0.4 is 22.0 Å². The van der Waals surface area contributed by atoms with Crippen molar-refractivity contribution in [3.63, 3.8) is 0 Å². The van der Waals surface area contributed by atoms with Gasteiger partial charge < -0.3 is 5.32 Å². The summed E-state index contributed by atoms with van der Waals surface area (Å²) in [5, 5.41) is 17.5. The molecule has 0 saturated carbocycles. The minimum atomic E-state index is -0.588. The van der Waals surface area contributed by atoms with Gasteiger partial charge in [-0.25, -0.2) is 5.84 Å². The van der Waals surface area contributed by atoms with Gasteiger partial charge in [0.2, 0.25) is 5.11 Å². The Kier molecular flexibility index (Phi) is 9.14. The second-order valence-corrected chi connectivity index (χ2v) is 6.85. The average Bonchev–Trinajstić information content (AvgIpc) is 2.80. The molecule has 0 aliphatic carbocycles. The predicted molar refractivity (Wildman–Crippen MR) is 127 cm³/mol. The minimum absolute atomic E-state index is 0.0381. The Morgan fingerprint density at radius 3 is 2.66 bits per heavy atom. The Hall–Kier alpha value is -3.96. The number of aryl methyl sites for hydroxylation is 1. The second kappa shape index (κ2) is 12.0. The molecule has 0 atom stereocenters. The molecule has 0 bridgehead atoms. The highest BCUT2D eigenvalue weighted by atomic mass is 32.1. The number of non-ortho nitro benzene ring substituents is 1. The van der Waals surface area contributed by atoms with Crippen LogP contribution >= 0.6 is 12.2 Å². The first kappa shape index (κ1) is 24.3. The van der Waals surface area contributed by atoms with Gasteiger partial charge in [0, 0.05) is 17.8 Å². The monoisotopic (exact) mass is 454 g/mol. The smallest absolute Gasteiger partial charge is 0.272 e. The maximum atomic E-state index is 12.8. The van der Waals surface area contributed by atoms with Crippen LogP contribution in [0.15, 0.2) is 59.7 Å². The van der Waals surface area contributed by atoms with Gasteiger partial charge in [-0.2, -0.15) is 5.10 Å². The minimum Gasteiger partial charge on any atom is -0.321 e. The number of thiocarbonyl (C=S) groups is 1. The van der Waals surface area contributed by atoms with E-state index in [0.717, 1.165) is 5.56 Å². The number of amides is 1.